The van der Waals surface area contributed by atoms with Crippen molar-refractivity contribution in [2.24, 2.45) is 5.92 Å². The minimum absolute atomic E-state index is 0.0631. The standard InChI is InChI=1S/C22H23ClN4O4S/c1-15-7-9-19(10-8-15)32(29,30)27-11-3-5-17(14-27)22(28)24-13-20-25-21(26-31-20)16-4-2-6-18(23)12-16/h2,4,6-10,12,17H,3,5,11,13-14H2,1H3,(H,24,28)/t17-/m0/s1. The third-order valence-corrected chi connectivity index (χ3v) is 7.49. The Balaban J connectivity index is 1.37. The summed E-state index contributed by atoms with van der Waals surface area (Å²) in [5, 5.41) is 7.26. The molecule has 1 aliphatic heterocycles. The van der Waals surface area contributed by atoms with Gasteiger partial charge in [-0.1, -0.05) is 46.6 Å². The van der Waals surface area contributed by atoms with Gasteiger partial charge in [-0.15, -0.1) is 0 Å². The van der Waals surface area contributed by atoms with Crippen LogP contribution in [0.1, 0.15) is 24.3 Å². The van der Waals surface area contributed by atoms with Crippen molar-refractivity contribution >= 4 is 27.5 Å². The van der Waals surface area contributed by atoms with Gasteiger partial charge >= 0.3 is 0 Å². The molecule has 1 amide bonds. The third-order valence-electron chi connectivity index (χ3n) is 5.38. The normalized spacial score (nSPS) is 17.2. The molecule has 1 fully saturated rings. The van der Waals surface area contributed by atoms with Crippen LogP contribution < -0.4 is 5.32 Å². The Kier molecular flexibility index (Phi) is 6.59. The maximum Gasteiger partial charge on any atom is 0.246 e. The predicted octanol–water partition coefficient (Wildman–Crippen LogP) is 3.42. The fourth-order valence-corrected chi connectivity index (χ4v) is 5.33. The molecule has 0 aliphatic carbocycles. The summed E-state index contributed by atoms with van der Waals surface area (Å²) < 4.78 is 32.5. The van der Waals surface area contributed by atoms with Crippen molar-refractivity contribution in [3.63, 3.8) is 0 Å². The summed E-state index contributed by atoms with van der Waals surface area (Å²) in [5.74, 6) is -0.0475. The number of hydrogen-bond acceptors (Lipinski definition) is 6. The molecule has 2 aromatic carbocycles. The van der Waals surface area contributed by atoms with Gasteiger partial charge in [0.05, 0.1) is 17.4 Å². The van der Waals surface area contributed by atoms with Crippen molar-refractivity contribution in [2.75, 3.05) is 13.1 Å². The monoisotopic (exact) mass is 474 g/mol. The van der Waals surface area contributed by atoms with Gasteiger partial charge in [-0.2, -0.15) is 9.29 Å². The van der Waals surface area contributed by atoms with Crippen LogP contribution in [0.25, 0.3) is 11.4 Å². The first-order valence-corrected chi connectivity index (χ1v) is 12.1. The molecule has 8 nitrogen and oxygen atoms in total. The maximum absolute atomic E-state index is 13.0. The molecular formula is C22H23ClN4O4S. The average Bonchev–Trinajstić information content (AvgIpc) is 3.27. The quantitative estimate of drug-likeness (QED) is 0.586. The molecule has 32 heavy (non-hydrogen) atoms. The summed E-state index contributed by atoms with van der Waals surface area (Å²) in [6.45, 7) is 2.50. The first kappa shape index (κ1) is 22.4. The maximum atomic E-state index is 13.0. The van der Waals surface area contributed by atoms with E-state index in [1.54, 1.807) is 42.5 Å². The first-order valence-electron chi connectivity index (χ1n) is 10.3. The van der Waals surface area contributed by atoms with Gasteiger partial charge in [-0.3, -0.25) is 4.79 Å². The molecular weight excluding hydrogens is 452 g/mol. The molecule has 0 spiro atoms. The van der Waals surface area contributed by atoms with Crippen molar-refractivity contribution in [3.8, 4) is 11.4 Å². The lowest BCUT2D eigenvalue weighted by Crippen LogP contribution is -2.45. The van der Waals surface area contributed by atoms with E-state index in [1.165, 1.54) is 4.31 Å². The van der Waals surface area contributed by atoms with Gasteiger partial charge in [0.1, 0.15) is 0 Å². The lowest BCUT2D eigenvalue weighted by Gasteiger charge is -2.31. The van der Waals surface area contributed by atoms with Gasteiger partial charge < -0.3 is 9.84 Å². The van der Waals surface area contributed by atoms with Crippen LogP contribution >= 0.6 is 11.6 Å². The van der Waals surface area contributed by atoms with Gasteiger partial charge in [0.25, 0.3) is 0 Å². The highest BCUT2D eigenvalue weighted by Gasteiger charge is 2.33. The summed E-state index contributed by atoms with van der Waals surface area (Å²) in [5.41, 5.74) is 1.70. The topological polar surface area (TPSA) is 105 Å². The van der Waals surface area contributed by atoms with Gasteiger partial charge in [0.15, 0.2) is 0 Å². The van der Waals surface area contributed by atoms with Gasteiger partial charge in [0.2, 0.25) is 27.6 Å². The van der Waals surface area contributed by atoms with Crippen LogP contribution in [0.2, 0.25) is 5.02 Å². The van der Waals surface area contributed by atoms with Crippen LogP contribution in [0.15, 0.2) is 57.9 Å². The highest BCUT2D eigenvalue weighted by Crippen LogP contribution is 2.24. The number of benzene rings is 2. The lowest BCUT2D eigenvalue weighted by molar-refractivity contribution is -0.126. The zero-order valence-electron chi connectivity index (χ0n) is 17.5. The van der Waals surface area contributed by atoms with E-state index in [1.807, 2.05) is 13.0 Å². The van der Waals surface area contributed by atoms with Gasteiger partial charge in [0, 0.05) is 23.7 Å². The Morgan fingerprint density at radius 2 is 2.03 bits per heavy atom. The molecule has 4 rings (SSSR count). The lowest BCUT2D eigenvalue weighted by atomic mass is 9.99. The van der Waals surface area contributed by atoms with Crippen LogP contribution in [-0.2, 0) is 21.4 Å². The number of piperidine rings is 1. The molecule has 168 valence electrons. The van der Waals surface area contributed by atoms with E-state index in [4.69, 9.17) is 16.1 Å². The number of rotatable bonds is 6. The Labute approximate surface area is 191 Å². The molecule has 0 bridgehead atoms. The number of aryl methyl sites for hydroxylation is 1. The highest BCUT2D eigenvalue weighted by atomic mass is 35.5. The number of halogens is 1. The molecule has 1 saturated heterocycles. The van der Waals surface area contributed by atoms with Gasteiger partial charge in [-0.25, -0.2) is 8.42 Å². The third kappa shape index (κ3) is 5.01. The second kappa shape index (κ2) is 9.40. The van der Waals surface area contributed by atoms with E-state index in [0.29, 0.717) is 35.8 Å². The van der Waals surface area contributed by atoms with E-state index in [9.17, 15) is 13.2 Å². The number of sulfonamides is 1. The number of hydrogen-bond donors (Lipinski definition) is 1. The number of carbonyl (C=O) groups excluding carboxylic acids is 1. The molecule has 1 N–H and O–H groups in total. The summed E-state index contributed by atoms with van der Waals surface area (Å²) in [4.78, 5) is 17.2. The SMILES string of the molecule is Cc1ccc(S(=O)(=O)N2CCC[C@H](C(=O)NCc3nc(-c4cccc(Cl)c4)no3)C2)cc1. The van der Waals surface area contributed by atoms with Crippen molar-refractivity contribution < 1.29 is 17.7 Å². The Bertz CT molecular complexity index is 1210. The number of nitrogens with one attached hydrogen (secondary N) is 1. The molecule has 0 saturated carbocycles. The van der Waals surface area contributed by atoms with E-state index < -0.39 is 15.9 Å². The van der Waals surface area contributed by atoms with Crippen LogP contribution in [0.3, 0.4) is 0 Å². The summed E-state index contributed by atoms with van der Waals surface area (Å²) in [7, 11) is -3.64. The molecule has 1 aromatic heterocycles. The summed E-state index contributed by atoms with van der Waals surface area (Å²) >= 11 is 5.99. The molecule has 10 heteroatoms. The number of carbonyl (C=O) groups is 1. The van der Waals surface area contributed by atoms with E-state index in [2.05, 4.69) is 15.5 Å². The minimum Gasteiger partial charge on any atom is -0.347 e. The second-order valence-electron chi connectivity index (χ2n) is 7.76. The van der Waals surface area contributed by atoms with E-state index in [0.717, 1.165) is 5.56 Å². The van der Waals surface area contributed by atoms with Crippen LogP contribution in [0.4, 0.5) is 0 Å². The van der Waals surface area contributed by atoms with Crippen molar-refractivity contribution in [2.45, 2.75) is 31.2 Å². The smallest absolute Gasteiger partial charge is 0.246 e. The predicted molar refractivity (Wildman–Crippen MR) is 119 cm³/mol. The molecule has 1 aliphatic rings. The van der Waals surface area contributed by atoms with Crippen molar-refractivity contribution in [1.82, 2.24) is 19.8 Å². The van der Waals surface area contributed by atoms with E-state index in [-0.39, 0.29) is 29.8 Å². The highest BCUT2D eigenvalue weighted by molar-refractivity contribution is 7.89. The summed E-state index contributed by atoms with van der Waals surface area (Å²) in [6, 6.07) is 13.8. The number of aromatic nitrogens is 2. The fraction of sp³-hybridized carbons (Fsp3) is 0.318. The average molecular weight is 475 g/mol. The van der Waals surface area contributed by atoms with Crippen LogP contribution in [-0.4, -0.2) is 41.9 Å². The number of nitrogens with zero attached hydrogens (tertiary/aromatic N) is 3. The zero-order valence-corrected chi connectivity index (χ0v) is 19.1. The Hall–Kier alpha value is -2.75. The van der Waals surface area contributed by atoms with E-state index >= 15 is 0 Å². The largest absolute Gasteiger partial charge is 0.347 e. The number of amides is 1. The second-order valence-corrected chi connectivity index (χ2v) is 10.1. The molecule has 1 atom stereocenters. The van der Waals surface area contributed by atoms with Crippen molar-refractivity contribution in [1.29, 1.82) is 0 Å². The summed E-state index contributed by atoms with van der Waals surface area (Å²) in [6.07, 6.45) is 1.23. The fourth-order valence-electron chi connectivity index (χ4n) is 3.61. The van der Waals surface area contributed by atoms with Crippen molar-refractivity contribution in [3.05, 3.63) is 65.0 Å². The molecule has 0 unspecified atom stereocenters. The van der Waals surface area contributed by atoms with Crippen LogP contribution in [0, 0.1) is 12.8 Å². The molecule has 0 radical (unpaired) electrons. The molecule has 2 heterocycles. The Morgan fingerprint density at radius 1 is 1.25 bits per heavy atom. The Morgan fingerprint density at radius 3 is 2.78 bits per heavy atom. The molecule has 3 aromatic rings. The first-order chi connectivity index (χ1) is 15.3. The van der Waals surface area contributed by atoms with Gasteiger partial charge in [-0.05, 0) is 44.0 Å². The van der Waals surface area contributed by atoms with Crippen LogP contribution in [0.5, 0.6) is 0 Å². The zero-order chi connectivity index (χ0) is 22.7. The minimum atomic E-state index is -3.64.